The Bertz CT molecular complexity index is 614. The number of nitriles is 1. The van der Waals surface area contributed by atoms with Crippen molar-refractivity contribution < 1.29 is 14.3 Å². The van der Waals surface area contributed by atoms with Crippen LogP contribution in [0.1, 0.15) is 22.2 Å². The monoisotopic (exact) mass is 273 g/mol. The van der Waals surface area contributed by atoms with Gasteiger partial charge in [-0.25, -0.2) is 4.79 Å². The molecule has 0 aliphatic heterocycles. The van der Waals surface area contributed by atoms with E-state index < -0.39 is 5.97 Å². The van der Waals surface area contributed by atoms with Crippen molar-refractivity contribution in [2.24, 2.45) is 0 Å². The van der Waals surface area contributed by atoms with Crippen LogP contribution in [0.4, 0.5) is 0 Å². The zero-order valence-electron chi connectivity index (χ0n) is 10.3. The van der Waals surface area contributed by atoms with Gasteiger partial charge < -0.3 is 9.47 Å². The van der Waals surface area contributed by atoms with Crippen molar-refractivity contribution in [2.45, 2.75) is 6.92 Å². The molecule has 0 unspecified atom stereocenters. The first-order chi connectivity index (χ1) is 9.24. The average Bonchev–Trinajstić information content (AvgIpc) is 2.95. The summed E-state index contributed by atoms with van der Waals surface area (Å²) < 4.78 is 10.7. The molecule has 5 heteroatoms. The van der Waals surface area contributed by atoms with Gasteiger partial charge in [0.05, 0.1) is 18.2 Å². The lowest BCUT2D eigenvalue weighted by Crippen LogP contribution is -2.08. The van der Waals surface area contributed by atoms with E-state index in [4.69, 9.17) is 14.7 Å². The molecule has 2 rings (SSSR count). The lowest BCUT2D eigenvalue weighted by Gasteiger charge is -2.10. The van der Waals surface area contributed by atoms with E-state index in [0.717, 1.165) is 0 Å². The molecule has 0 atom stereocenters. The number of carbonyl (C=O) groups excluding carboxylic acids is 1. The van der Waals surface area contributed by atoms with Crippen molar-refractivity contribution in [3.8, 4) is 17.6 Å². The van der Waals surface area contributed by atoms with E-state index >= 15 is 0 Å². The zero-order chi connectivity index (χ0) is 13.7. The summed E-state index contributed by atoms with van der Waals surface area (Å²) in [4.78, 5) is 12.4. The third-order valence-corrected chi connectivity index (χ3v) is 3.15. The molecular weight excluding hydrogens is 262 g/mol. The van der Waals surface area contributed by atoms with Crippen LogP contribution >= 0.6 is 11.3 Å². The van der Waals surface area contributed by atoms with Gasteiger partial charge in [-0.1, -0.05) is 6.07 Å². The number of nitrogens with zero attached hydrogens (tertiary/aromatic N) is 1. The summed E-state index contributed by atoms with van der Waals surface area (Å²) in [5, 5.41) is 10.6. The van der Waals surface area contributed by atoms with E-state index in [-0.39, 0.29) is 0 Å². The van der Waals surface area contributed by atoms with Crippen LogP contribution in [0, 0.1) is 11.3 Å². The van der Waals surface area contributed by atoms with Crippen molar-refractivity contribution in [3.63, 3.8) is 0 Å². The molecule has 0 amide bonds. The number of carbonyl (C=O) groups is 1. The Balaban J connectivity index is 2.24. The summed E-state index contributed by atoms with van der Waals surface area (Å²) in [6, 6.07) is 10.2. The summed E-state index contributed by atoms with van der Waals surface area (Å²) >= 11 is 1.31. The number of benzene rings is 1. The van der Waals surface area contributed by atoms with Crippen LogP contribution in [-0.4, -0.2) is 12.6 Å². The normalized spacial score (nSPS) is 9.68. The van der Waals surface area contributed by atoms with Gasteiger partial charge in [0.2, 0.25) is 0 Å². The van der Waals surface area contributed by atoms with Crippen molar-refractivity contribution in [1.82, 2.24) is 0 Å². The summed E-state index contributed by atoms with van der Waals surface area (Å²) in [5.41, 5.74) is 0.458. The predicted octanol–water partition coefficient (Wildman–Crippen LogP) is 3.24. The van der Waals surface area contributed by atoms with Gasteiger partial charge in [-0.15, -0.1) is 11.3 Å². The smallest absolute Gasteiger partial charge is 0.353 e. The van der Waals surface area contributed by atoms with Crippen LogP contribution in [0.15, 0.2) is 35.7 Å². The number of thiophene rings is 1. The van der Waals surface area contributed by atoms with E-state index in [1.165, 1.54) is 11.3 Å². The molecule has 0 N–H and O–H groups in total. The van der Waals surface area contributed by atoms with E-state index in [1.54, 1.807) is 35.7 Å². The number of esters is 1. The topological polar surface area (TPSA) is 59.3 Å². The maximum atomic E-state index is 11.9. The third-order valence-electron chi connectivity index (χ3n) is 2.30. The fraction of sp³-hybridized carbons (Fsp3) is 0.143. The fourth-order valence-corrected chi connectivity index (χ4v) is 2.07. The van der Waals surface area contributed by atoms with E-state index in [2.05, 4.69) is 0 Å². The van der Waals surface area contributed by atoms with Crippen molar-refractivity contribution in [1.29, 1.82) is 5.26 Å². The quantitative estimate of drug-likeness (QED) is 0.634. The van der Waals surface area contributed by atoms with Crippen LogP contribution in [0.5, 0.6) is 11.5 Å². The second-order valence-corrected chi connectivity index (χ2v) is 4.52. The molecule has 1 heterocycles. The molecule has 0 saturated heterocycles. The first-order valence-corrected chi connectivity index (χ1v) is 6.55. The highest BCUT2D eigenvalue weighted by atomic mass is 32.1. The van der Waals surface area contributed by atoms with Crippen LogP contribution < -0.4 is 9.47 Å². The Morgan fingerprint density at radius 2 is 2.21 bits per heavy atom. The van der Waals surface area contributed by atoms with Gasteiger partial charge in [-0.2, -0.15) is 5.26 Å². The molecule has 4 nitrogen and oxygen atoms in total. The number of ether oxygens (including phenoxy) is 2. The molecule has 1 aromatic carbocycles. The fourth-order valence-electron chi connectivity index (χ4n) is 1.48. The van der Waals surface area contributed by atoms with Crippen LogP contribution in [-0.2, 0) is 0 Å². The summed E-state index contributed by atoms with van der Waals surface area (Å²) in [6.45, 7) is 2.25. The van der Waals surface area contributed by atoms with Crippen LogP contribution in [0.2, 0.25) is 0 Å². The van der Waals surface area contributed by atoms with Gasteiger partial charge in [0, 0.05) is 6.07 Å². The van der Waals surface area contributed by atoms with Gasteiger partial charge in [-0.05, 0) is 30.5 Å². The Morgan fingerprint density at radius 1 is 1.37 bits per heavy atom. The van der Waals surface area contributed by atoms with Crippen LogP contribution in [0.3, 0.4) is 0 Å². The molecule has 0 spiro atoms. The first-order valence-electron chi connectivity index (χ1n) is 5.67. The molecule has 0 aliphatic rings. The van der Waals surface area contributed by atoms with E-state index in [1.807, 2.05) is 13.0 Å². The Labute approximate surface area is 114 Å². The van der Waals surface area contributed by atoms with E-state index in [0.29, 0.717) is 28.5 Å². The number of hydrogen-bond acceptors (Lipinski definition) is 5. The second-order valence-electron chi connectivity index (χ2n) is 3.57. The maximum Gasteiger partial charge on any atom is 0.353 e. The Hall–Kier alpha value is -2.32. The molecule has 19 heavy (non-hydrogen) atoms. The molecular formula is C14H11NO3S. The zero-order valence-corrected chi connectivity index (χ0v) is 11.1. The molecule has 96 valence electrons. The first kappa shape index (κ1) is 13.1. The summed E-state index contributed by atoms with van der Waals surface area (Å²) in [5.74, 6) is 0.284. The molecule has 0 bridgehead atoms. The molecule has 0 radical (unpaired) electrons. The second kappa shape index (κ2) is 6.03. The third kappa shape index (κ3) is 3.12. The minimum absolute atomic E-state index is 0.319. The number of hydrogen-bond donors (Lipinski definition) is 0. The highest BCUT2D eigenvalue weighted by Gasteiger charge is 2.13. The van der Waals surface area contributed by atoms with Gasteiger partial charge in [0.15, 0.2) is 11.5 Å². The standard InChI is InChI=1S/C14H11NO3S/c1-2-17-12-8-10(9-15)5-6-11(12)18-14(16)13-4-3-7-19-13/h3-8H,2H2,1H3. The molecule has 0 saturated carbocycles. The maximum absolute atomic E-state index is 11.9. The Kier molecular flexibility index (Phi) is 4.16. The molecule has 1 aromatic heterocycles. The van der Waals surface area contributed by atoms with Crippen molar-refractivity contribution >= 4 is 17.3 Å². The lowest BCUT2D eigenvalue weighted by atomic mass is 10.2. The molecule has 0 aliphatic carbocycles. The minimum Gasteiger partial charge on any atom is -0.490 e. The van der Waals surface area contributed by atoms with Gasteiger partial charge in [-0.3, -0.25) is 0 Å². The Morgan fingerprint density at radius 3 is 2.84 bits per heavy atom. The highest BCUT2D eigenvalue weighted by Crippen LogP contribution is 2.29. The average molecular weight is 273 g/mol. The SMILES string of the molecule is CCOc1cc(C#N)ccc1OC(=O)c1cccs1. The highest BCUT2D eigenvalue weighted by molar-refractivity contribution is 7.12. The summed E-state index contributed by atoms with van der Waals surface area (Å²) in [6.07, 6.45) is 0. The van der Waals surface area contributed by atoms with Crippen molar-refractivity contribution in [2.75, 3.05) is 6.61 Å². The molecule has 2 aromatic rings. The molecule has 0 fully saturated rings. The largest absolute Gasteiger partial charge is 0.490 e. The minimum atomic E-state index is -0.430. The van der Waals surface area contributed by atoms with E-state index in [9.17, 15) is 4.79 Å². The number of rotatable bonds is 4. The predicted molar refractivity (Wildman–Crippen MR) is 71.6 cm³/mol. The van der Waals surface area contributed by atoms with Crippen molar-refractivity contribution in [3.05, 3.63) is 46.2 Å². The lowest BCUT2D eigenvalue weighted by molar-refractivity contribution is 0.0733. The van der Waals surface area contributed by atoms with Crippen LogP contribution in [0.25, 0.3) is 0 Å². The van der Waals surface area contributed by atoms with Gasteiger partial charge >= 0.3 is 5.97 Å². The van der Waals surface area contributed by atoms with Gasteiger partial charge in [0.1, 0.15) is 4.88 Å². The van der Waals surface area contributed by atoms with Gasteiger partial charge in [0.25, 0.3) is 0 Å². The summed E-state index contributed by atoms with van der Waals surface area (Å²) in [7, 11) is 0.